The van der Waals surface area contributed by atoms with E-state index >= 15 is 0 Å². The lowest BCUT2D eigenvalue weighted by Crippen LogP contribution is -2.09. The van der Waals surface area contributed by atoms with Crippen molar-refractivity contribution in [3.8, 4) is 22.6 Å². The summed E-state index contributed by atoms with van der Waals surface area (Å²) in [5.41, 5.74) is 8.30. The number of hydrogen-bond donors (Lipinski definition) is 0. The molecule has 1 aliphatic carbocycles. The third-order valence-electron chi connectivity index (χ3n) is 4.98. The van der Waals surface area contributed by atoms with Crippen molar-refractivity contribution in [2.24, 2.45) is 0 Å². The van der Waals surface area contributed by atoms with Gasteiger partial charge in [0.15, 0.2) is 11.5 Å². The van der Waals surface area contributed by atoms with Crippen LogP contribution < -0.4 is 9.47 Å². The molecule has 25 heavy (non-hydrogen) atoms. The maximum absolute atomic E-state index is 6.27. The Hall–Kier alpha value is -1.96. The Kier molecular flexibility index (Phi) is 5.67. The van der Waals surface area contributed by atoms with Gasteiger partial charge in [0, 0.05) is 17.5 Å². The molecule has 2 aromatic carbocycles. The average molecular weight is 338 g/mol. The van der Waals surface area contributed by atoms with Crippen LogP contribution in [0, 0.1) is 0 Å². The van der Waals surface area contributed by atoms with Crippen molar-refractivity contribution in [2.75, 3.05) is 13.2 Å². The van der Waals surface area contributed by atoms with Crippen molar-refractivity contribution in [1.29, 1.82) is 0 Å². The summed E-state index contributed by atoms with van der Waals surface area (Å²) >= 11 is 0. The number of hydrogen-bond acceptors (Lipinski definition) is 2. The molecule has 0 unspecified atom stereocenters. The molecule has 0 saturated carbocycles. The van der Waals surface area contributed by atoms with Crippen molar-refractivity contribution < 1.29 is 9.47 Å². The molecule has 0 aromatic heterocycles. The van der Waals surface area contributed by atoms with Crippen molar-refractivity contribution in [3.05, 3.63) is 46.5 Å². The summed E-state index contributed by atoms with van der Waals surface area (Å²) in [7, 11) is 0. The molecule has 0 radical (unpaired) electrons. The van der Waals surface area contributed by atoms with Gasteiger partial charge in [-0.05, 0) is 47.9 Å². The maximum Gasteiger partial charge on any atom is 0.165 e. The van der Waals surface area contributed by atoms with E-state index in [0.29, 0.717) is 0 Å². The summed E-state index contributed by atoms with van der Waals surface area (Å²) in [6, 6.07) is 8.79. The van der Waals surface area contributed by atoms with Gasteiger partial charge in [-0.25, -0.2) is 0 Å². The average Bonchev–Trinajstić information content (AvgIpc) is 3.03. The lowest BCUT2D eigenvalue weighted by molar-refractivity contribution is 0.264. The van der Waals surface area contributed by atoms with E-state index in [1.807, 2.05) is 0 Å². The van der Waals surface area contributed by atoms with Crippen molar-refractivity contribution >= 4 is 0 Å². The second-order valence-electron chi connectivity index (χ2n) is 6.71. The van der Waals surface area contributed by atoms with Crippen LogP contribution >= 0.6 is 0 Å². The summed E-state index contributed by atoms with van der Waals surface area (Å²) in [4.78, 5) is 0. The molecular formula is C23H30O2. The first kappa shape index (κ1) is 17.8. The molecular weight excluding hydrogens is 308 g/mol. The SMILES string of the molecule is CCCOc1c(CC)c(CC)c2c(c1OCCC)Cc1ccccc1-2. The van der Waals surface area contributed by atoms with E-state index in [-0.39, 0.29) is 0 Å². The van der Waals surface area contributed by atoms with Crippen LogP contribution in [0.4, 0.5) is 0 Å². The van der Waals surface area contributed by atoms with Crippen LogP contribution in [0.3, 0.4) is 0 Å². The standard InChI is InChI=1S/C23H30O2/c1-5-13-24-22-18(8-4)17(7-3)21-19-12-10-9-11-16(19)15-20(21)23(22)25-14-6-2/h9-12H,5-8,13-15H2,1-4H3. The summed E-state index contributed by atoms with van der Waals surface area (Å²) in [5, 5.41) is 0. The Morgan fingerprint density at radius 1 is 0.800 bits per heavy atom. The van der Waals surface area contributed by atoms with E-state index in [0.717, 1.165) is 56.8 Å². The highest BCUT2D eigenvalue weighted by molar-refractivity contribution is 5.85. The van der Waals surface area contributed by atoms with Crippen molar-refractivity contribution in [2.45, 2.75) is 59.8 Å². The first-order valence-corrected chi connectivity index (χ1v) is 9.81. The van der Waals surface area contributed by atoms with E-state index in [1.165, 1.54) is 33.4 Å². The summed E-state index contributed by atoms with van der Waals surface area (Å²) in [6.45, 7) is 10.3. The third-order valence-corrected chi connectivity index (χ3v) is 4.98. The Bertz CT molecular complexity index is 746. The van der Waals surface area contributed by atoms with Crippen molar-refractivity contribution in [3.63, 3.8) is 0 Å². The van der Waals surface area contributed by atoms with Gasteiger partial charge in [-0.15, -0.1) is 0 Å². The van der Waals surface area contributed by atoms with E-state index in [4.69, 9.17) is 9.47 Å². The highest BCUT2D eigenvalue weighted by atomic mass is 16.5. The summed E-state index contributed by atoms with van der Waals surface area (Å²) in [5.74, 6) is 2.00. The molecule has 2 heteroatoms. The van der Waals surface area contributed by atoms with Crippen LogP contribution in [0.1, 0.15) is 62.8 Å². The molecule has 0 fully saturated rings. The first-order chi connectivity index (χ1) is 12.3. The van der Waals surface area contributed by atoms with E-state index in [9.17, 15) is 0 Å². The largest absolute Gasteiger partial charge is 0.489 e. The lowest BCUT2D eigenvalue weighted by atomic mass is 9.90. The molecule has 0 saturated heterocycles. The van der Waals surface area contributed by atoms with Crippen molar-refractivity contribution in [1.82, 2.24) is 0 Å². The van der Waals surface area contributed by atoms with Gasteiger partial charge in [0.05, 0.1) is 13.2 Å². The van der Waals surface area contributed by atoms with Crippen LogP contribution in [-0.4, -0.2) is 13.2 Å². The Balaban J connectivity index is 2.26. The minimum Gasteiger partial charge on any atom is -0.489 e. The fraction of sp³-hybridized carbons (Fsp3) is 0.478. The van der Waals surface area contributed by atoms with Gasteiger partial charge in [-0.1, -0.05) is 52.0 Å². The van der Waals surface area contributed by atoms with Gasteiger partial charge in [0.2, 0.25) is 0 Å². The molecule has 0 aliphatic heterocycles. The Labute approximate surface area is 152 Å². The topological polar surface area (TPSA) is 18.5 Å². The number of rotatable bonds is 8. The van der Waals surface area contributed by atoms with Crippen LogP contribution in [0.25, 0.3) is 11.1 Å². The van der Waals surface area contributed by atoms with E-state index < -0.39 is 0 Å². The minimum atomic E-state index is 0.736. The normalized spacial score (nSPS) is 12.0. The highest BCUT2D eigenvalue weighted by Gasteiger charge is 2.30. The zero-order chi connectivity index (χ0) is 17.8. The van der Waals surface area contributed by atoms with E-state index in [2.05, 4.69) is 52.0 Å². The van der Waals surface area contributed by atoms with Gasteiger partial charge in [-0.2, -0.15) is 0 Å². The molecule has 0 spiro atoms. The van der Waals surface area contributed by atoms with Gasteiger partial charge in [0.25, 0.3) is 0 Å². The Morgan fingerprint density at radius 3 is 2.08 bits per heavy atom. The summed E-state index contributed by atoms with van der Waals surface area (Å²) < 4.78 is 12.5. The molecule has 2 aromatic rings. The molecule has 0 amide bonds. The van der Waals surface area contributed by atoms with Crippen LogP contribution in [0.2, 0.25) is 0 Å². The second kappa shape index (κ2) is 7.95. The fourth-order valence-corrected chi connectivity index (χ4v) is 3.94. The van der Waals surface area contributed by atoms with E-state index in [1.54, 1.807) is 0 Å². The molecule has 0 N–H and O–H groups in total. The second-order valence-corrected chi connectivity index (χ2v) is 6.71. The van der Waals surface area contributed by atoms with Gasteiger partial charge >= 0.3 is 0 Å². The zero-order valence-corrected chi connectivity index (χ0v) is 16.1. The third kappa shape index (κ3) is 3.15. The molecule has 0 heterocycles. The van der Waals surface area contributed by atoms with Crippen LogP contribution in [0.15, 0.2) is 24.3 Å². The van der Waals surface area contributed by atoms with Crippen LogP contribution in [0.5, 0.6) is 11.5 Å². The molecule has 2 nitrogen and oxygen atoms in total. The molecule has 1 aliphatic rings. The summed E-state index contributed by atoms with van der Waals surface area (Å²) in [6.07, 6.45) is 4.96. The van der Waals surface area contributed by atoms with Gasteiger partial charge in [0.1, 0.15) is 0 Å². The van der Waals surface area contributed by atoms with Gasteiger partial charge < -0.3 is 9.47 Å². The van der Waals surface area contributed by atoms with Crippen LogP contribution in [-0.2, 0) is 19.3 Å². The Morgan fingerprint density at radius 2 is 1.44 bits per heavy atom. The monoisotopic (exact) mass is 338 g/mol. The highest BCUT2D eigenvalue weighted by Crippen LogP contribution is 2.50. The first-order valence-electron chi connectivity index (χ1n) is 9.81. The quantitative estimate of drug-likeness (QED) is 0.504. The maximum atomic E-state index is 6.27. The molecule has 0 bridgehead atoms. The number of fused-ring (bicyclic) bond motifs is 3. The predicted octanol–water partition coefficient (Wildman–Crippen LogP) is 5.96. The number of benzene rings is 2. The smallest absolute Gasteiger partial charge is 0.165 e. The number of ether oxygens (including phenoxy) is 2. The predicted molar refractivity (Wildman–Crippen MR) is 105 cm³/mol. The minimum absolute atomic E-state index is 0.736. The van der Waals surface area contributed by atoms with Gasteiger partial charge in [-0.3, -0.25) is 0 Å². The molecule has 134 valence electrons. The molecule has 3 rings (SSSR count). The zero-order valence-electron chi connectivity index (χ0n) is 16.1. The lowest BCUT2D eigenvalue weighted by Gasteiger charge is -2.23. The fourth-order valence-electron chi connectivity index (χ4n) is 3.94. The molecule has 0 atom stereocenters.